The molecule has 0 fully saturated rings. The largest absolute Gasteiger partial charge is 0.465 e. The van der Waals surface area contributed by atoms with Crippen molar-refractivity contribution in [3.8, 4) is 0 Å². The van der Waals surface area contributed by atoms with Gasteiger partial charge in [-0.05, 0) is 61.7 Å². The third kappa shape index (κ3) is 4.31. The predicted octanol–water partition coefficient (Wildman–Crippen LogP) is 5.92. The number of ether oxygens (including phenoxy) is 1. The van der Waals surface area contributed by atoms with Crippen molar-refractivity contribution >= 4 is 68.5 Å². The third-order valence-electron chi connectivity index (χ3n) is 4.22. The molecule has 1 heterocycles. The van der Waals surface area contributed by atoms with Gasteiger partial charge in [-0.1, -0.05) is 29.6 Å². The van der Waals surface area contributed by atoms with Gasteiger partial charge in [-0.15, -0.1) is 11.3 Å². The van der Waals surface area contributed by atoms with Gasteiger partial charge >= 0.3 is 5.97 Å². The average Bonchev–Trinajstić information content (AvgIpc) is 2.78. The monoisotopic (exact) mass is 428 g/mol. The lowest BCUT2D eigenvalue weighted by Crippen LogP contribution is -2.20. The first kappa shape index (κ1) is 19.4. The van der Waals surface area contributed by atoms with E-state index in [4.69, 9.17) is 40.2 Å². The molecule has 0 bridgehead atoms. The van der Waals surface area contributed by atoms with E-state index in [1.165, 1.54) is 18.4 Å². The zero-order valence-electron chi connectivity index (χ0n) is 14.2. The first-order valence-corrected chi connectivity index (χ1v) is 10.2. The SMILES string of the molecule is COC(=O)c1c(NC(=S)Nc2ccc(Cl)c(Cl)c2)sc2c1CCCCC2. The predicted molar refractivity (Wildman–Crippen MR) is 113 cm³/mol. The Hall–Kier alpha value is -1.34. The lowest BCUT2D eigenvalue weighted by atomic mass is 10.1. The van der Waals surface area contributed by atoms with Crippen LogP contribution in [0.1, 0.15) is 40.1 Å². The second-order valence-corrected chi connectivity index (χ2v) is 8.30. The van der Waals surface area contributed by atoms with Crippen molar-refractivity contribution < 1.29 is 9.53 Å². The van der Waals surface area contributed by atoms with E-state index in [-0.39, 0.29) is 5.97 Å². The molecule has 1 aliphatic rings. The van der Waals surface area contributed by atoms with Crippen LogP contribution < -0.4 is 10.6 Å². The molecule has 8 heteroatoms. The molecule has 0 atom stereocenters. The Morgan fingerprint density at radius 2 is 1.92 bits per heavy atom. The Kier molecular flexibility index (Phi) is 6.40. The maximum atomic E-state index is 12.4. The molecule has 0 aliphatic heterocycles. The zero-order chi connectivity index (χ0) is 18.7. The van der Waals surface area contributed by atoms with Crippen molar-refractivity contribution in [1.82, 2.24) is 0 Å². The van der Waals surface area contributed by atoms with Crippen molar-refractivity contribution in [3.63, 3.8) is 0 Å². The number of benzene rings is 1. The second kappa shape index (κ2) is 8.57. The van der Waals surface area contributed by atoms with Gasteiger partial charge in [0.05, 0.1) is 22.7 Å². The number of aryl methyl sites for hydroxylation is 1. The molecule has 0 spiro atoms. The van der Waals surface area contributed by atoms with Crippen molar-refractivity contribution in [2.75, 3.05) is 17.7 Å². The number of nitrogens with one attached hydrogen (secondary N) is 2. The fourth-order valence-corrected chi connectivity index (χ4v) is 4.85. The highest BCUT2D eigenvalue weighted by Crippen LogP contribution is 2.38. The minimum absolute atomic E-state index is 0.329. The number of halogens is 2. The Balaban J connectivity index is 1.83. The van der Waals surface area contributed by atoms with E-state index in [2.05, 4.69) is 10.6 Å². The Morgan fingerprint density at radius 3 is 2.65 bits per heavy atom. The number of methoxy groups -OCH3 is 1. The molecule has 2 aromatic rings. The maximum Gasteiger partial charge on any atom is 0.341 e. The number of esters is 1. The van der Waals surface area contributed by atoms with Crippen LogP contribution in [0.3, 0.4) is 0 Å². The molecule has 138 valence electrons. The average molecular weight is 429 g/mol. The number of hydrogen-bond donors (Lipinski definition) is 2. The second-order valence-electron chi connectivity index (χ2n) is 5.97. The van der Waals surface area contributed by atoms with Crippen molar-refractivity contribution in [1.29, 1.82) is 0 Å². The number of anilines is 2. The van der Waals surface area contributed by atoms with Crippen LogP contribution in [0.4, 0.5) is 10.7 Å². The highest BCUT2D eigenvalue weighted by atomic mass is 35.5. The van der Waals surface area contributed by atoms with E-state index < -0.39 is 0 Å². The molecule has 0 radical (unpaired) electrons. The van der Waals surface area contributed by atoms with Crippen LogP contribution in [-0.4, -0.2) is 18.2 Å². The van der Waals surface area contributed by atoms with E-state index in [1.807, 2.05) is 0 Å². The first-order valence-electron chi connectivity index (χ1n) is 8.25. The van der Waals surface area contributed by atoms with Crippen LogP contribution >= 0.6 is 46.8 Å². The van der Waals surface area contributed by atoms with Crippen LogP contribution in [0, 0.1) is 0 Å². The van der Waals surface area contributed by atoms with Gasteiger partial charge in [-0.3, -0.25) is 0 Å². The van der Waals surface area contributed by atoms with Gasteiger partial charge in [0.1, 0.15) is 5.00 Å². The van der Waals surface area contributed by atoms with Crippen LogP contribution in [0.25, 0.3) is 0 Å². The van der Waals surface area contributed by atoms with Gasteiger partial charge < -0.3 is 15.4 Å². The summed E-state index contributed by atoms with van der Waals surface area (Å²) >= 11 is 18.9. The van der Waals surface area contributed by atoms with Crippen LogP contribution in [0.5, 0.6) is 0 Å². The van der Waals surface area contributed by atoms with E-state index in [1.54, 1.807) is 29.5 Å². The minimum Gasteiger partial charge on any atom is -0.465 e. The number of rotatable bonds is 3. The van der Waals surface area contributed by atoms with E-state index in [0.717, 1.165) is 41.9 Å². The Morgan fingerprint density at radius 1 is 1.15 bits per heavy atom. The molecular weight excluding hydrogens is 411 g/mol. The summed E-state index contributed by atoms with van der Waals surface area (Å²) in [7, 11) is 1.40. The highest BCUT2D eigenvalue weighted by molar-refractivity contribution is 7.80. The van der Waals surface area contributed by atoms with Crippen molar-refractivity contribution in [3.05, 3.63) is 44.2 Å². The van der Waals surface area contributed by atoms with Crippen LogP contribution in [0.2, 0.25) is 10.0 Å². The lowest BCUT2D eigenvalue weighted by molar-refractivity contribution is 0.0601. The van der Waals surface area contributed by atoms with Gasteiger partial charge in [0.15, 0.2) is 5.11 Å². The number of carbonyl (C=O) groups is 1. The van der Waals surface area contributed by atoms with Gasteiger partial charge in [-0.2, -0.15) is 0 Å². The fraction of sp³-hybridized carbons (Fsp3) is 0.333. The maximum absolute atomic E-state index is 12.4. The molecule has 1 aromatic carbocycles. The summed E-state index contributed by atoms with van der Waals surface area (Å²) in [5.74, 6) is -0.329. The molecule has 1 aromatic heterocycles. The van der Waals surface area contributed by atoms with E-state index in [9.17, 15) is 4.79 Å². The summed E-state index contributed by atoms with van der Waals surface area (Å²) in [4.78, 5) is 13.6. The quantitative estimate of drug-likeness (QED) is 0.360. The van der Waals surface area contributed by atoms with E-state index >= 15 is 0 Å². The number of thiocarbonyl (C=S) groups is 1. The fourth-order valence-electron chi connectivity index (χ4n) is 2.99. The molecule has 0 amide bonds. The number of hydrogen-bond acceptors (Lipinski definition) is 4. The topological polar surface area (TPSA) is 50.4 Å². The van der Waals surface area contributed by atoms with Gasteiger partial charge in [0.25, 0.3) is 0 Å². The summed E-state index contributed by atoms with van der Waals surface area (Å²) in [5.41, 5.74) is 2.42. The smallest absolute Gasteiger partial charge is 0.341 e. The molecule has 26 heavy (non-hydrogen) atoms. The van der Waals surface area contributed by atoms with Crippen molar-refractivity contribution in [2.24, 2.45) is 0 Å². The molecule has 1 aliphatic carbocycles. The van der Waals surface area contributed by atoms with Crippen LogP contribution in [0.15, 0.2) is 18.2 Å². The van der Waals surface area contributed by atoms with Gasteiger partial charge in [-0.25, -0.2) is 4.79 Å². The third-order valence-corrected chi connectivity index (χ3v) is 6.37. The Labute approximate surface area is 171 Å². The molecule has 2 N–H and O–H groups in total. The van der Waals surface area contributed by atoms with Gasteiger partial charge in [0, 0.05) is 10.6 Å². The molecular formula is C18H18Cl2N2O2S2. The standard InChI is InChI=1S/C18H18Cl2N2O2S2/c1-24-17(23)15-11-5-3-2-4-6-14(11)26-16(15)22-18(25)21-10-7-8-12(19)13(20)9-10/h7-9H,2-6H2,1H3,(H2,21,22,25). The molecule has 0 saturated carbocycles. The van der Waals surface area contributed by atoms with Gasteiger partial charge in [0.2, 0.25) is 0 Å². The summed E-state index contributed by atoms with van der Waals surface area (Å²) in [6, 6.07) is 5.18. The molecule has 4 nitrogen and oxygen atoms in total. The molecule has 0 unspecified atom stereocenters. The zero-order valence-corrected chi connectivity index (χ0v) is 17.3. The van der Waals surface area contributed by atoms with E-state index in [0.29, 0.717) is 20.7 Å². The normalized spacial score (nSPS) is 13.5. The molecule has 3 rings (SSSR count). The summed E-state index contributed by atoms with van der Waals surface area (Å²) in [6.45, 7) is 0. The van der Waals surface area contributed by atoms with Crippen LogP contribution in [-0.2, 0) is 17.6 Å². The molecule has 0 saturated heterocycles. The van der Waals surface area contributed by atoms with Crippen molar-refractivity contribution in [2.45, 2.75) is 32.1 Å². The lowest BCUT2D eigenvalue weighted by Gasteiger charge is -2.11. The summed E-state index contributed by atoms with van der Waals surface area (Å²) < 4.78 is 5.00. The highest BCUT2D eigenvalue weighted by Gasteiger charge is 2.25. The number of thiophene rings is 1. The summed E-state index contributed by atoms with van der Waals surface area (Å²) in [5, 5.41) is 8.24. The minimum atomic E-state index is -0.329. The number of fused-ring (bicyclic) bond motifs is 1. The Bertz CT molecular complexity index is 852. The first-order chi connectivity index (χ1) is 12.5. The number of carbonyl (C=O) groups excluding carboxylic acids is 1. The summed E-state index contributed by atoms with van der Waals surface area (Å²) in [6.07, 6.45) is 5.28.